The number of hydrogen-bond donors (Lipinski definition) is 1. The number of carbonyl (C=O) groups is 1. The van der Waals surface area contributed by atoms with Gasteiger partial charge in [0.1, 0.15) is 5.75 Å². The van der Waals surface area contributed by atoms with Crippen molar-refractivity contribution in [2.75, 3.05) is 12.9 Å². The van der Waals surface area contributed by atoms with Crippen molar-refractivity contribution in [3.63, 3.8) is 0 Å². The van der Waals surface area contributed by atoms with Crippen molar-refractivity contribution in [2.24, 2.45) is 5.10 Å². The number of carbonyl (C=O) groups excluding carboxylic acids is 1. The van der Waals surface area contributed by atoms with Gasteiger partial charge in [0.2, 0.25) is 5.91 Å². The summed E-state index contributed by atoms with van der Waals surface area (Å²) in [5.74, 6) is 1.74. The molecule has 0 bridgehead atoms. The van der Waals surface area contributed by atoms with E-state index in [0.29, 0.717) is 11.5 Å². The molecule has 0 fully saturated rings. The molecule has 0 spiro atoms. The van der Waals surface area contributed by atoms with Crippen LogP contribution in [0.2, 0.25) is 0 Å². The molecule has 2 aromatic rings. The quantitative estimate of drug-likeness (QED) is 0.554. The van der Waals surface area contributed by atoms with Crippen molar-refractivity contribution >= 4 is 39.8 Å². The lowest BCUT2D eigenvalue weighted by Crippen LogP contribution is -2.19. The summed E-state index contributed by atoms with van der Waals surface area (Å²) >= 11 is 4.97. The molecule has 1 N–H and O–H groups in total. The number of ether oxygens (including phenoxy) is 1. The zero-order chi connectivity index (χ0) is 17.4. The molecule has 126 valence electrons. The Morgan fingerprint density at radius 2 is 2.12 bits per heavy atom. The molecule has 6 heteroatoms. The molecule has 0 saturated heterocycles. The van der Waals surface area contributed by atoms with E-state index in [1.54, 1.807) is 25.1 Å². The van der Waals surface area contributed by atoms with Gasteiger partial charge in [-0.2, -0.15) is 5.10 Å². The van der Waals surface area contributed by atoms with Gasteiger partial charge in [0.15, 0.2) is 0 Å². The van der Waals surface area contributed by atoms with Crippen molar-refractivity contribution in [1.29, 1.82) is 0 Å². The van der Waals surface area contributed by atoms with E-state index in [-0.39, 0.29) is 5.91 Å². The molecule has 0 aliphatic rings. The molecule has 0 radical (unpaired) electrons. The maximum Gasteiger partial charge on any atom is 0.250 e. The molecule has 24 heavy (non-hydrogen) atoms. The van der Waals surface area contributed by atoms with Gasteiger partial charge in [-0.1, -0.05) is 40.2 Å². The topological polar surface area (TPSA) is 50.7 Å². The second-order valence-corrected chi connectivity index (χ2v) is 7.00. The summed E-state index contributed by atoms with van der Waals surface area (Å²) in [6.45, 7) is 2.08. The molecule has 1 amide bonds. The fourth-order valence-corrected chi connectivity index (χ4v) is 3.31. The lowest BCUT2D eigenvalue weighted by Gasteiger charge is -2.05. The summed E-state index contributed by atoms with van der Waals surface area (Å²) in [4.78, 5) is 11.8. The predicted molar refractivity (Wildman–Crippen MR) is 104 cm³/mol. The first-order valence-electron chi connectivity index (χ1n) is 7.38. The van der Waals surface area contributed by atoms with E-state index < -0.39 is 0 Å². The molecular weight excluding hydrogens is 388 g/mol. The zero-order valence-corrected chi connectivity index (χ0v) is 16.0. The number of nitrogens with zero attached hydrogens (tertiary/aromatic N) is 1. The fraction of sp³-hybridized carbons (Fsp3) is 0.222. The molecular formula is C18H19BrN2O2S. The van der Waals surface area contributed by atoms with Gasteiger partial charge in [-0.05, 0) is 36.2 Å². The van der Waals surface area contributed by atoms with Crippen LogP contribution in [0.15, 0.2) is 52.0 Å². The second kappa shape index (κ2) is 9.49. The molecule has 0 unspecified atom stereocenters. The van der Waals surface area contributed by atoms with Crippen LogP contribution in [0, 0.1) is 6.92 Å². The fourth-order valence-electron chi connectivity index (χ4n) is 2.04. The van der Waals surface area contributed by atoms with E-state index in [2.05, 4.69) is 45.5 Å². The Hall–Kier alpha value is -1.79. The van der Waals surface area contributed by atoms with Crippen molar-refractivity contribution in [3.8, 4) is 5.75 Å². The Bertz CT molecular complexity index is 735. The smallest absolute Gasteiger partial charge is 0.250 e. The van der Waals surface area contributed by atoms with Crippen LogP contribution in [0.1, 0.15) is 16.7 Å². The van der Waals surface area contributed by atoms with Gasteiger partial charge in [-0.25, -0.2) is 5.43 Å². The SMILES string of the molecule is COc1ccc(Br)cc1C=NNC(=O)CSCc1ccccc1C. The summed E-state index contributed by atoms with van der Waals surface area (Å²) < 4.78 is 6.18. The third-order valence-electron chi connectivity index (χ3n) is 3.34. The number of amides is 1. The van der Waals surface area contributed by atoms with Crippen LogP contribution in [-0.4, -0.2) is 25.0 Å². The number of thioether (sulfide) groups is 1. The predicted octanol–water partition coefficient (Wildman–Crippen LogP) is 4.15. The lowest BCUT2D eigenvalue weighted by atomic mass is 10.1. The molecule has 0 aliphatic heterocycles. The first-order chi connectivity index (χ1) is 11.6. The van der Waals surface area contributed by atoms with Crippen LogP contribution in [0.3, 0.4) is 0 Å². The molecule has 4 nitrogen and oxygen atoms in total. The minimum Gasteiger partial charge on any atom is -0.496 e. The summed E-state index contributed by atoms with van der Waals surface area (Å²) in [6.07, 6.45) is 1.58. The Morgan fingerprint density at radius 3 is 2.88 bits per heavy atom. The van der Waals surface area contributed by atoms with E-state index in [9.17, 15) is 4.79 Å². The Labute approximate surface area is 154 Å². The monoisotopic (exact) mass is 406 g/mol. The number of aryl methyl sites for hydroxylation is 1. The average molecular weight is 407 g/mol. The van der Waals surface area contributed by atoms with Gasteiger partial charge in [-0.15, -0.1) is 11.8 Å². The van der Waals surface area contributed by atoms with E-state index in [1.165, 1.54) is 11.1 Å². The van der Waals surface area contributed by atoms with Gasteiger partial charge >= 0.3 is 0 Å². The summed E-state index contributed by atoms with van der Waals surface area (Å²) in [5.41, 5.74) is 5.82. The Balaban J connectivity index is 1.81. The van der Waals surface area contributed by atoms with Crippen molar-refractivity contribution < 1.29 is 9.53 Å². The maximum absolute atomic E-state index is 11.8. The number of halogens is 1. The van der Waals surface area contributed by atoms with Crippen molar-refractivity contribution in [1.82, 2.24) is 5.43 Å². The highest BCUT2D eigenvalue weighted by atomic mass is 79.9. The van der Waals surface area contributed by atoms with E-state index in [1.807, 2.05) is 30.3 Å². The molecule has 2 aromatic carbocycles. The second-order valence-electron chi connectivity index (χ2n) is 5.10. The molecule has 0 atom stereocenters. The van der Waals surface area contributed by atoms with E-state index >= 15 is 0 Å². The molecule has 2 rings (SSSR count). The molecule has 0 aliphatic carbocycles. The van der Waals surface area contributed by atoms with Gasteiger partial charge in [0.05, 0.1) is 19.1 Å². The third kappa shape index (κ3) is 5.69. The van der Waals surface area contributed by atoms with Gasteiger partial charge in [0.25, 0.3) is 0 Å². The number of methoxy groups -OCH3 is 1. The van der Waals surface area contributed by atoms with E-state index in [4.69, 9.17) is 4.74 Å². The van der Waals surface area contributed by atoms with Crippen LogP contribution in [0.5, 0.6) is 5.75 Å². The van der Waals surface area contributed by atoms with Gasteiger partial charge in [0, 0.05) is 15.8 Å². The Kier molecular flexibility index (Phi) is 7.34. The minimum atomic E-state index is -0.126. The number of hydrogen-bond acceptors (Lipinski definition) is 4. The highest BCUT2D eigenvalue weighted by Gasteiger charge is 2.04. The maximum atomic E-state index is 11.8. The highest BCUT2D eigenvalue weighted by Crippen LogP contribution is 2.21. The zero-order valence-electron chi connectivity index (χ0n) is 13.6. The third-order valence-corrected chi connectivity index (χ3v) is 4.81. The minimum absolute atomic E-state index is 0.126. The van der Waals surface area contributed by atoms with Crippen LogP contribution < -0.4 is 10.2 Å². The lowest BCUT2D eigenvalue weighted by molar-refractivity contribution is -0.118. The first kappa shape index (κ1) is 18.5. The number of hydrazone groups is 1. The largest absolute Gasteiger partial charge is 0.496 e. The van der Waals surface area contributed by atoms with Crippen molar-refractivity contribution in [3.05, 3.63) is 63.6 Å². The van der Waals surface area contributed by atoms with Crippen LogP contribution in [0.25, 0.3) is 0 Å². The number of benzene rings is 2. The van der Waals surface area contributed by atoms with Gasteiger partial charge in [-0.3, -0.25) is 4.79 Å². The molecule has 0 aromatic heterocycles. The number of rotatable bonds is 7. The molecule has 0 heterocycles. The highest BCUT2D eigenvalue weighted by molar-refractivity contribution is 9.10. The molecule has 0 saturated carbocycles. The summed E-state index contributed by atoms with van der Waals surface area (Å²) in [5, 5.41) is 4.00. The standard InChI is InChI=1S/C18H19BrN2O2S/c1-13-5-3-4-6-14(13)11-24-12-18(22)21-20-10-15-9-16(19)7-8-17(15)23-2/h3-10H,11-12H2,1-2H3,(H,21,22). The van der Waals surface area contributed by atoms with E-state index in [0.717, 1.165) is 15.8 Å². The van der Waals surface area contributed by atoms with Crippen LogP contribution in [0.4, 0.5) is 0 Å². The number of nitrogens with one attached hydrogen (secondary N) is 1. The average Bonchev–Trinajstić information content (AvgIpc) is 2.57. The van der Waals surface area contributed by atoms with Gasteiger partial charge < -0.3 is 4.74 Å². The summed E-state index contributed by atoms with van der Waals surface area (Å²) in [6, 6.07) is 13.8. The first-order valence-corrected chi connectivity index (χ1v) is 9.32. The summed E-state index contributed by atoms with van der Waals surface area (Å²) in [7, 11) is 1.60. The van der Waals surface area contributed by atoms with Crippen LogP contribution >= 0.6 is 27.7 Å². The van der Waals surface area contributed by atoms with Crippen molar-refractivity contribution in [2.45, 2.75) is 12.7 Å². The van der Waals surface area contributed by atoms with Crippen LogP contribution in [-0.2, 0) is 10.5 Å². The Morgan fingerprint density at radius 1 is 1.33 bits per heavy atom. The normalized spacial score (nSPS) is 10.8.